The number of nitrogens with zero attached hydrogens (tertiary/aromatic N) is 1. The number of nitrogens with one attached hydrogen (secondary N) is 1. The second-order valence-corrected chi connectivity index (χ2v) is 5.71. The van der Waals surface area contributed by atoms with Crippen LogP contribution in [0.1, 0.15) is 11.6 Å². The Morgan fingerprint density at radius 2 is 1.81 bits per heavy atom. The van der Waals surface area contributed by atoms with Crippen molar-refractivity contribution in [1.29, 1.82) is 0 Å². The minimum atomic E-state index is -2.59. The van der Waals surface area contributed by atoms with E-state index in [4.69, 9.17) is 11.6 Å². The Bertz CT molecular complexity index is 462. The summed E-state index contributed by atoms with van der Waals surface area (Å²) in [4.78, 5) is 1.67. The molecule has 1 saturated heterocycles. The molecule has 0 radical (unpaired) electrons. The predicted molar refractivity (Wildman–Crippen MR) is 88.5 cm³/mol. The zero-order chi connectivity index (χ0) is 14.0. The molecule has 0 spiro atoms. The highest BCUT2D eigenvalue weighted by atomic mass is 79.9. The topological polar surface area (TPSA) is 35.5 Å². The second kappa shape index (κ2) is 9.33. The van der Waals surface area contributed by atoms with Gasteiger partial charge in [0.1, 0.15) is 11.8 Å². The fourth-order valence-corrected chi connectivity index (χ4v) is 3.10. The maximum atomic E-state index is 13.4. The third-order valence-corrected chi connectivity index (χ3v) is 3.91. The molecule has 1 atom stereocenters. The normalized spacial score (nSPS) is 17.0. The largest absolute Gasteiger partial charge is 0.506 e. The van der Waals surface area contributed by atoms with Crippen LogP contribution in [-0.2, 0) is 0 Å². The number of rotatable bonds is 3. The molecule has 0 aromatic heterocycles. The first-order valence-corrected chi connectivity index (χ1v) is 7.08. The van der Waals surface area contributed by atoms with Crippen LogP contribution in [-0.4, -0.2) is 42.6 Å². The number of alkyl halides is 2. The quantitative estimate of drug-likeness (QED) is 0.768. The Balaban J connectivity index is 0.00000200. The monoisotopic (exact) mass is 426 g/mol. The number of aromatic hydroxyl groups is 1. The van der Waals surface area contributed by atoms with E-state index in [1.807, 2.05) is 0 Å². The number of piperazine rings is 1. The Labute approximate surface area is 148 Å². The third-order valence-electron chi connectivity index (χ3n) is 3.16. The lowest BCUT2D eigenvalue weighted by molar-refractivity contribution is 0.0170. The molecule has 1 aromatic carbocycles. The highest BCUT2D eigenvalue weighted by Crippen LogP contribution is 2.39. The third kappa shape index (κ3) is 5.08. The molecule has 1 aromatic rings. The van der Waals surface area contributed by atoms with Crippen LogP contribution in [0.3, 0.4) is 0 Å². The van der Waals surface area contributed by atoms with Gasteiger partial charge in [0, 0.05) is 36.2 Å². The summed E-state index contributed by atoms with van der Waals surface area (Å²) in [6.07, 6.45) is -2.59. The van der Waals surface area contributed by atoms with Gasteiger partial charge in [-0.1, -0.05) is 27.5 Å². The molecule has 21 heavy (non-hydrogen) atoms. The lowest BCUT2D eigenvalue weighted by Gasteiger charge is -2.35. The molecule has 9 heteroatoms. The van der Waals surface area contributed by atoms with Crippen LogP contribution in [0, 0.1) is 0 Å². The fourth-order valence-electron chi connectivity index (χ4n) is 2.26. The Morgan fingerprint density at radius 1 is 1.24 bits per heavy atom. The standard InChI is InChI=1S/C12H14BrClF2N2O.2ClH/c13-7-5-8(11(19)9(14)6-7)10(12(15)16)18-3-1-17-2-4-18;;/h5-6,10,12,17,19H,1-4H2;2*1H/t10-;;/m1../s1. The SMILES string of the molecule is Cl.Cl.Oc1c(Cl)cc(Br)cc1[C@H](C(F)F)N1CCNCC1. The first kappa shape index (κ1) is 21.1. The Morgan fingerprint density at radius 3 is 2.33 bits per heavy atom. The van der Waals surface area contributed by atoms with E-state index < -0.39 is 12.5 Å². The van der Waals surface area contributed by atoms with E-state index >= 15 is 0 Å². The second-order valence-electron chi connectivity index (χ2n) is 4.39. The minimum absolute atomic E-state index is 0. The van der Waals surface area contributed by atoms with Gasteiger partial charge in [-0.05, 0) is 12.1 Å². The van der Waals surface area contributed by atoms with E-state index in [2.05, 4.69) is 21.2 Å². The van der Waals surface area contributed by atoms with Crippen molar-refractivity contribution < 1.29 is 13.9 Å². The molecular formula is C12H16BrCl3F2N2O. The van der Waals surface area contributed by atoms with Crippen molar-refractivity contribution in [2.24, 2.45) is 0 Å². The summed E-state index contributed by atoms with van der Waals surface area (Å²) in [6.45, 7) is 2.34. The molecule has 3 nitrogen and oxygen atoms in total. The van der Waals surface area contributed by atoms with Gasteiger partial charge in [0.15, 0.2) is 0 Å². The average Bonchev–Trinajstić information content (AvgIpc) is 2.36. The molecular weight excluding hydrogens is 412 g/mol. The molecule has 0 unspecified atom stereocenters. The number of phenols is 1. The minimum Gasteiger partial charge on any atom is -0.506 e. The fraction of sp³-hybridized carbons (Fsp3) is 0.500. The summed E-state index contributed by atoms with van der Waals surface area (Å²) >= 11 is 9.07. The molecule has 1 fully saturated rings. The number of benzene rings is 1. The lowest BCUT2D eigenvalue weighted by Crippen LogP contribution is -2.46. The van der Waals surface area contributed by atoms with E-state index in [0.717, 1.165) is 0 Å². The maximum absolute atomic E-state index is 13.4. The summed E-state index contributed by atoms with van der Waals surface area (Å²) in [5.74, 6) is -0.270. The molecule has 2 N–H and O–H groups in total. The van der Waals surface area contributed by atoms with Gasteiger partial charge >= 0.3 is 0 Å². The summed E-state index contributed by atoms with van der Waals surface area (Å²) < 4.78 is 27.3. The van der Waals surface area contributed by atoms with Crippen LogP contribution in [0.25, 0.3) is 0 Å². The number of halogens is 6. The van der Waals surface area contributed by atoms with E-state index in [0.29, 0.717) is 30.7 Å². The summed E-state index contributed by atoms with van der Waals surface area (Å²) in [7, 11) is 0. The van der Waals surface area contributed by atoms with Gasteiger partial charge in [-0.2, -0.15) is 0 Å². The average molecular weight is 429 g/mol. The van der Waals surface area contributed by atoms with Crippen LogP contribution in [0.5, 0.6) is 5.75 Å². The molecule has 0 amide bonds. The highest BCUT2D eigenvalue weighted by Gasteiger charge is 2.32. The van der Waals surface area contributed by atoms with E-state index in [-0.39, 0.29) is 41.1 Å². The molecule has 1 aliphatic heterocycles. The van der Waals surface area contributed by atoms with Gasteiger partial charge in [0.05, 0.1) is 5.02 Å². The lowest BCUT2D eigenvalue weighted by atomic mass is 10.0. The predicted octanol–water partition coefficient (Wildman–Crippen LogP) is 3.86. The summed E-state index contributed by atoms with van der Waals surface area (Å²) in [5.41, 5.74) is 0.163. The van der Waals surface area contributed by atoms with Crippen LogP contribution >= 0.6 is 52.3 Å². The molecule has 122 valence electrons. The van der Waals surface area contributed by atoms with Crippen molar-refractivity contribution in [2.75, 3.05) is 26.2 Å². The van der Waals surface area contributed by atoms with E-state index in [9.17, 15) is 13.9 Å². The zero-order valence-corrected chi connectivity index (χ0v) is 14.8. The Hall–Kier alpha value is 0.150. The summed E-state index contributed by atoms with van der Waals surface area (Å²) in [5, 5.41) is 13.1. The molecule has 0 bridgehead atoms. The van der Waals surface area contributed by atoms with Crippen molar-refractivity contribution in [3.63, 3.8) is 0 Å². The van der Waals surface area contributed by atoms with Gasteiger partial charge in [-0.25, -0.2) is 8.78 Å². The van der Waals surface area contributed by atoms with Crippen LogP contribution < -0.4 is 5.32 Å². The number of phenolic OH excluding ortho intramolecular Hbond substituents is 1. The molecule has 0 aliphatic carbocycles. The van der Waals surface area contributed by atoms with Crippen molar-refractivity contribution in [3.8, 4) is 5.75 Å². The van der Waals surface area contributed by atoms with Gasteiger partial charge < -0.3 is 10.4 Å². The molecule has 1 aliphatic rings. The smallest absolute Gasteiger partial charge is 0.258 e. The first-order valence-electron chi connectivity index (χ1n) is 5.91. The van der Waals surface area contributed by atoms with E-state index in [1.165, 1.54) is 12.1 Å². The zero-order valence-electron chi connectivity index (χ0n) is 10.9. The summed E-state index contributed by atoms with van der Waals surface area (Å²) in [6, 6.07) is 1.85. The van der Waals surface area contributed by atoms with Gasteiger partial charge in [-0.3, -0.25) is 4.90 Å². The van der Waals surface area contributed by atoms with Gasteiger partial charge in [0.2, 0.25) is 0 Å². The van der Waals surface area contributed by atoms with Crippen LogP contribution in [0.15, 0.2) is 16.6 Å². The van der Waals surface area contributed by atoms with Crippen molar-refractivity contribution in [1.82, 2.24) is 10.2 Å². The van der Waals surface area contributed by atoms with Gasteiger partial charge in [0.25, 0.3) is 6.43 Å². The van der Waals surface area contributed by atoms with Crippen molar-refractivity contribution in [3.05, 3.63) is 27.2 Å². The number of hydrogen-bond acceptors (Lipinski definition) is 3. The maximum Gasteiger partial charge on any atom is 0.258 e. The molecule has 0 saturated carbocycles. The highest BCUT2D eigenvalue weighted by molar-refractivity contribution is 9.10. The van der Waals surface area contributed by atoms with Gasteiger partial charge in [-0.15, -0.1) is 24.8 Å². The van der Waals surface area contributed by atoms with Crippen molar-refractivity contribution in [2.45, 2.75) is 12.5 Å². The first-order chi connectivity index (χ1) is 9.00. The van der Waals surface area contributed by atoms with Crippen molar-refractivity contribution >= 4 is 52.3 Å². The number of hydrogen-bond donors (Lipinski definition) is 2. The Kier molecular flexibility index (Phi) is 9.39. The van der Waals surface area contributed by atoms with E-state index in [1.54, 1.807) is 4.90 Å². The molecule has 1 heterocycles. The van der Waals surface area contributed by atoms with Crippen LogP contribution in [0.4, 0.5) is 8.78 Å². The molecule has 2 rings (SSSR count). The van der Waals surface area contributed by atoms with Crippen LogP contribution in [0.2, 0.25) is 5.02 Å².